The molecule has 1 aliphatic carbocycles. The molecule has 1 atom stereocenters. The van der Waals surface area contributed by atoms with Crippen molar-refractivity contribution in [1.29, 1.82) is 0 Å². The Morgan fingerprint density at radius 3 is 2.43 bits per heavy atom. The highest BCUT2D eigenvalue weighted by Gasteiger charge is 2.34. The second-order valence-corrected chi connectivity index (χ2v) is 13.6. The molecule has 1 unspecified atom stereocenters. The Bertz CT molecular complexity index is 1500. The predicted molar refractivity (Wildman–Crippen MR) is 182 cm³/mol. The van der Waals surface area contributed by atoms with E-state index in [1.807, 2.05) is 76.2 Å². The first-order chi connectivity index (χ1) is 22.5. The van der Waals surface area contributed by atoms with Crippen LogP contribution in [0.5, 0.6) is 11.6 Å². The topological polar surface area (TPSA) is 114 Å². The van der Waals surface area contributed by atoms with E-state index in [1.165, 1.54) is 0 Å². The second kappa shape index (κ2) is 15.2. The third-order valence-electron chi connectivity index (χ3n) is 8.89. The number of methoxy groups -OCH3 is 1. The average molecular weight is 645 g/mol. The van der Waals surface area contributed by atoms with Crippen molar-refractivity contribution in [3.05, 3.63) is 72.1 Å². The van der Waals surface area contributed by atoms with Crippen LogP contribution < -0.4 is 19.3 Å². The molecule has 0 bridgehead atoms. The first kappa shape index (κ1) is 34.2. The maximum atomic E-state index is 14.4. The van der Waals surface area contributed by atoms with Crippen molar-refractivity contribution >= 4 is 23.4 Å². The van der Waals surface area contributed by atoms with E-state index in [4.69, 9.17) is 14.2 Å². The van der Waals surface area contributed by atoms with Gasteiger partial charge in [0.2, 0.25) is 5.88 Å². The molecule has 47 heavy (non-hydrogen) atoms. The molecule has 0 spiro atoms. The zero-order valence-electron chi connectivity index (χ0n) is 28.2. The van der Waals surface area contributed by atoms with Gasteiger partial charge in [0.25, 0.3) is 5.91 Å². The lowest BCUT2D eigenvalue weighted by molar-refractivity contribution is -0.137. The lowest BCUT2D eigenvalue weighted by Gasteiger charge is -2.36. The highest BCUT2D eigenvalue weighted by Crippen LogP contribution is 2.45. The second-order valence-electron chi connectivity index (χ2n) is 13.6. The maximum absolute atomic E-state index is 14.4. The van der Waals surface area contributed by atoms with E-state index in [0.29, 0.717) is 48.0 Å². The average Bonchev–Trinajstić information content (AvgIpc) is 3.90. The van der Waals surface area contributed by atoms with Gasteiger partial charge in [-0.25, -0.2) is 9.97 Å². The molecule has 5 rings (SSSR count). The van der Waals surface area contributed by atoms with E-state index in [2.05, 4.69) is 14.9 Å². The van der Waals surface area contributed by atoms with E-state index >= 15 is 0 Å². The van der Waals surface area contributed by atoms with E-state index in [9.17, 15) is 14.7 Å². The molecule has 0 radical (unpaired) electrons. The number of aromatic nitrogens is 2. The monoisotopic (exact) mass is 644 g/mol. The van der Waals surface area contributed by atoms with Gasteiger partial charge >= 0.3 is 5.97 Å². The number of carboxylic acids is 1. The van der Waals surface area contributed by atoms with Crippen LogP contribution in [0.4, 0.5) is 11.5 Å². The van der Waals surface area contributed by atoms with Crippen LogP contribution in [-0.4, -0.2) is 72.0 Å². The minimum atomic E-state index is -0.776. The quantitative estimate of drug-likeness (QED) is 0.195. The van der Waals surface area contributed by atoms with Crippen LogP contribution in [0, 0.1) is 11.8 Å². The Morgan fingerprint density at radius 2 is 1.79 bits per heavy atom. The zero-order valence-corrected chi connectivity index (χ0v) is 28.2. The summed E-state index contributed by atoms with van der Waals surface area (Å²) in [5.74, 6) is 1.62. The summed E-state index contributed by atoms with van der Waals surface area (Å²) < 4.78 is 17.9. The third-order valence-corrected chi connectivity index (χ3v) is 8.89. The van der Waals surface area contributed by atoms with E-state index < -0.39 is 11.6 Å². The number of hydrogen-bond donors (Lipinski definition) is 1. The first-order valence-electron chi connectivity index (χ1n) is 16.7. The Balaban J connectivity index is 1.28. The van der Waals surface area contributed by atoms with E-state index in [1.54, 1.807) is 24.4 Å². The lowest BCUT2D eigenvalue weighted by Crippen LogP contribution is -2.46. The van der Waals surface area contributed by atoms with Gasteiger partial charge in [-0.1, -0.05) is 6.07 Å². The number of rotatable bonds is 15. The van der Waals surface area contributed by atoms with Gasteiger partial charge < -0.3 is 24.2 Å². The van der Waals surface area contributed by atoms with E-state index in [-0.39, 0.29) is 24.3 Å². The molecule has 1 aliphatic heterocycles. The van der Waals surface area contributed by atoms with Gasteiger partial charge in [-0.05, 0) is 107 Å². The molecule has 252 valence electrons. The fourth-order valence-electron chi connectivity index (χ4n) is 6.57. The van der Waals surface area contributed by atoms with Crippen molar-refractivity contribution in [2.45, 2.75) is 77.4 Å². The van der Waals surface area contributed by atoms with Crippen molar-refractivity contribution in [3.8, 4) is 11.6 Å². The number of ether oxygens (including phenoxy) is 3. The predicted octanol–water partition coefficient (Wildman–Crippen LogP) is 6.60. The summed E-state index contributed by atoms with van der Waals surface area (Å²) in [4.78, 5) is 38.7. The van der Waals surface area contributed by atoms with Crippen molar-refractivity contribution in [2.24, 2.45) is 11.8 Å². The normalized spacial score (nSPS) is 16.2. The summed E-state index contributed by atoms with van der Waals surface area (Å²) in [5, 5.41) is 9.41. The standard InChI is InChI=1S/C37H48N4O6/c1-25(2)47-37(3,4)24-41(33-8-6-7-16-38-33)36(44)30-12-11-29(45-5)21-32(30)40-18-14-26(15-19-40)23-46-34-20-28(13-17-39-34)31(22-35(42)43)27-9-10-27/h6-8,11-13,16-17,20-21,25-27,31H,9-10,14-15,18-19,22-24H2,1-5H3,(H,42,43). The number of carboxylic acid groups (broad SMARTS) is 1. The van der Waals surface area contributed by atoms with Crippen molar-refractivity contribution in [3.63, 3.8) is 0 Å². The van der Waals surface area contributed by atoms with Crippen molar-refractivity contribution in [1.82, 2.24) is 9.97 Å². The number of piperidine rings is 1. The summed E-state index contributed by atoms with van der Waals surface area (Å²) in [6, 6.07) is 15.0. The maximum Gasteiger partial charge on any atom is 0.303 e. The van der Waals surface area contributed by atoms with Gasteiger partial charge in [-0.2, -0.15) is 0 Å². The SMILES string of the molecule is COc1ccc(C(=O)N(CC(C)(C)OC(C)C)c2ccccn2)c(N2CCC(COc3cc(C(CC(=O)O)C4CC4)ccn3)CC2)c1. The molecule has 1 saturated heterocycles. The molecule has 2 aromatic heterocycles. The number of carbonyl (C=O) groups excluding carboxylic acids is 1. The number of nitrogens with zero attached hydrogens (tertiary/aromatic N) is 4. The van der Waals surface area contributed by atoms with Crippen molar-refractivity contribution < 1.29 is 28.9 Å². The molecule has 3 heterocycles. The number of anilines is 2. The van der Waals surface area contributed by atoms with Crippen LogP contribution >= 0.6 is 0 Å². The minimum absolute atomic E-state index is 0.00302. The molecule has 1 saturated carbocycles. The summed E-state index contributed by atoms with van der Waals surface area (Å²) >= 11 is 0. The number of hydrogen-bond acceptors (Lipinski definition) is 8. The number of carbonyl (C=O) groups is 2. The molecular formula is C37H48N4O6. The zero-order chi connectivity index (χ0) is 33.6. The van der Waals surface area contributed by atoms with Gasteiger partial charge in [-0.3, -0.25) is 14.5 Å². The summed E-state index contributed by atoms with van der Waals surface area (Å²) in [7, 11) is 1.63. The smallest absolute Gasteiger partial charge is 0.303 e. The third kappa shape index (κ3) is 9.22. The van der Waals surface area contributed by atoms with Gasteiger partial charge in [0.1, 0.15) is 11.6 Å². The Morgan fingerprint density at radius 1 is 1.02 bits per heavy atom. The molecule has 10 heteroatoms. The highest BCUT2D eigenvalue weighted by molar-refractivity contribution is 6.09. The lowest BCUT2D eigenvalue weighted by atomic mass is 9.92. The molecule has 2 fully saturated rings. The minimum Gasteiger partial charge on any atom is -0.497 e. The summed E-state index contributed by atoms with van der Waals surface area (Å²) in [6.07, 6.45) is 7.45. The highest BCUT2D eigenvalue weighted by atomic mass is 16.5. The van der Waals surface area contributed by atoms with Gasteiger partial charge in [0, 0.05) is 37.6 Å². The molecule has 1 aromatic carbocycles. The van der Waals surface area contributed by atoms with Gasteiger partial charge in [0.05, 0.1) is 49.6 Å². The fraction of sp³-hybridized carbons (Fsp3) is 0.514. The van der Waals surface area contributed by atoms with Crippen LogP contribution in [0.3, 0.4) is 0 Å². The Labute approximate surface area is 278 Å². The van der Waals surface area contributed by atoms with Crippen LogP contribution in [0.1, 0.15) is 81.6 Å². The molecule has 1 amide bonds. The van der Waals surface area contributed by atoms with E-state index in [0.717, 1.165) is 50.0 Å². The first-order valence-corrected chi connectivity index (χ1v) is 16.7. The van der Waals surface area contributed by atoms with Crippen molar-refractivity contribution in [2.75, 3.05) is 43.2 Å². The molecule has 3 aromatic rings. The van der Waals surface area contributed by atoms with Crippen LogP contribution in [0.25, 0.3) is 0 Å². The van der Waals surface area contributed by atoms with Crippen LogP contribution in [0.2, 0.25) is 0 Å². The summed E-state index contributed by atoms with van der Waals surface area (Å²) in [5.41, 5.74) is 1.80. The molecular weight excluding hydrogens is 596 g/mol. The Kier molecular flexibility index (Phi) is 11.0. The van der Waals surface area contributed by atoms with Gasteiger partial charge in [-0.15, -0.1) is 0 Å². The molecule has 10 nitrogen and oxygen atoms in total. The molecule has 1 N–H and O–H groups in total. The summed E-state index contributed by atoms with van der Waals surface area (Å²) in [6.45, 7) is 10.3. The van der Waals surface area contributed by atoms with Gasteiger partial charge in [0.15, 0.2) is 0 Å². The fourth-order valence-corrected chi connectivity index (χ4v) is 6.57. The number of pyridine rings is 2. The molecule has 2 aliphatic rings. The Hall–Kier alpha value is -4.18. The number of amides is 1. The van der Waals surface area contributed by atoms with Crippen LogP contribution in [0.15, 0.2) is 60.9 Å². The number of aliphatic carboxylic acids is 1. The largest absolute Gasteiger partial charge is 0.497 e. The number of benzene rings is 1. The van der Waals surface area contributed by atoms with Crippen LogP contribution in [-0.2, 0) is 9.53 Å².